The smallest absolute Gasteiger partial charge is 0.389 e. The van der Waals surface area contributed by atoms with Crippen molar-refractivity contribution < 1.29 is 18.3 Å². The minimum Gasteiger partial charge on any atom is -0.393 e. The molecule has 1 atom stereocenters. The fourth-order valence-corrected chi connectivity index (χ4v) is 1.32. The van der Waals surface area contributed by atoms with Crippen LogP contribution in [0.2, 0.25) is 0 Å². The van der Waals surface area contributed by atoms with Crippen LogP contribution in [0.3, 0.4) is 0 Å². The van der Waals surface area contributed by atoms with Crippen LogP contribution in [0.5, 0.6) is 0 Å². The van der Waals surface area contributed by atoms with Gasteiger partial charge in [0.05, 0.1) is 6.10 Å². The molecule has 1 nitrogen and oxygen atoms in total. The third-order valence-corrected chi connectivity index (χ3v) is 2.21. The number of hydrogen-bond acceptors (Lipinski definition) is 1. The molecule has 0 spiro atoms. The first-order valence-electron chi connectivity index (χ1n) is 5.31. The molecule has 1 unspecified atom stereocenters. The lowest BCUT2D eigenvalue weighted by molar-refractivity contribution is -0.140. The number of unbranched alkanes of at least 4 members (excludes halogenated alkanes) is 3. The second kappa shape index (κ2) is 7.74. The number of rotatable bonds is 8. The zero-order chi connectivity index (χ0) is 11.7. The number of halogens is 3. The summed E-state index contributed by atoms with van der Waals surface area (Å²) in [7, 11) is 0. The zero-order valence-electron chi connectivity index (χ0n) is 8.89. The van der Waals surface area contributed by atoms with Gasteiger partial charge in [0.15, 0.2) is 0 Å². The molecular formula is C11H19F3O. The fraction of sp³-hybridized carbons (Fsp3) is 0.818. The quantitative estimate of drug-likeness (QED) is 0.490. The van der Waals surface area contributed by atoms with Crippen molar-refractivity contribution in [2.45, 2.75) is 57.2 Å². The third kappa shape index (κ3) is 11.4. The van der Waals surface area contributed by atoms with E-state index in [1.54, 1.807) is 0 Å². The summed E-state index contributed by atoms with van der Waals surface area (Å²) in [5.41, 5.74) is 0. The predicted molar refractivity (Wildman–Crippen MR) is 54.6 cm³/mol. The Kier molecular flexibility index (Phi) is 7.48. The Morgan fingerprint density at radius 3 is 2.33 bits per heavy atom. The molecule has 0 fully saturated rings. The molecule has 0 aromatic heterocycles. The molecule has 0 rings (SSSR count). The van der Waals surface area contributed by atoms with Crippen molar-refractivity contribution >= 4 is 0 Å². The lowest BCUT2D eigenvalue weighted by Gasteiger charge is -2.11. The fourth-order valence-electron chi connectivity index (χ4n) is 1.32. The molecule has 0 amide bonds. The average Bonchev–Trinajstić information content (AvgIpc) is 2.13. The van der Waals surface area contributed by atoms with E-state index in [0.717, 1.165) is 25.7 Å². The van der Waals surface area contributed by atoms with Gasteiger partial charge in [0.1, 0.15) is 0 Å². The summed E-state index contributed by atoms with van der Waals surface area (Å²) in [6, 6.07) is 0. The highest BCUT2D eigenvalue weighted by atomic mass is 19.4. The van der Waals surface area contributed by atoms with Crippen LogP contribution in [0, 0.1) is 0 Å². The monoisotopic (exact) mass is 224 g/mol. The molecular weight excluding hydrogens is 205 g/mol. The van der Waals surface area contributed by atoms with Gasteiger partial charge in [-0.3, -0.25) is 0 Å². The second-order valence-electron chi connectivity index (χ2n) is 3.73. The molecule has 15 heavy (non-hydrogen) atoms. The van der Waals surface area contributed by atoms with Gasteiger partial charge in [-0.05, 0) is 25.7 Å². The first kappa shape index (κ1) is 14.5. The topological polar surface area (TPSA) is 20.2 Å². The Bertz CT molecular complexity index is 166. The highest BCUT2D eigenvalue weighted by Crippen LogP contribution is 2.23. The molecule has 4 heteroatoms. The minimum absolute atomic E-state index is 0.176. The van der Waals surface area contributed by atoms with Crippen LogP contribution in [0.4, 0.5) is 13.2 Å². The lowest BCUT2D eigenvalue weighted by Crippen LogP contribution is -2.14. The maximum atomic E-state index is 11.8. The van der Waals surface area contributed by atoms with Crippen LogP contribution in [0.15, 0.2) is 12.7 Å². The normalized spacial score (nSPS) is 13.9. The minimum atomic E-state index is -4.15. The highest BCUT2D eigenvalue weighted by Gasteiger charge is 2.27. The number of aliphatic hydroxyl groups is 1. The summed E-state index contributed by atoms with van der Waals surface area (Å²) in [5, 5.41) is 9.25. The van der Waals surface area contributed by atoms with Gasteiger partial charge >= 0.3 is 6.18 Å². The van der Waals surface area contributed by atoms with E-state index in [4.69, 9.17) is 0 Å². The summed E-state index contributed by atoms with van der Waals surface area (Å²) in [5.74, 6) is 0. The molecule has 0 saturated carbocycles. The number of alkyl halides is 3. The number of aliphatic hydroxyl groups excluding tert-OH is 1. The van der Waals surface area contributed by atoms with Crippen molar-refractivity contribution in [3.05, 3.63) is 12.7 Å². The van der Waals surface area contributed by atoms with Crippen molar-refractivity contribution in [2.75, 3.05) is 0 Å². The Balaban J connectivity index is 3.33. The van der Waals surface area contributed by atoms with Gasteiger partial charge in [0, 0.05) is 6.42 Å². The lowest BCUT2D eigenvalue weighted by atomic mass is 10.1. The van der Waals surface area contributed by atoms with E-state index in [9.17, 15) is 18.3 Å². The van der Waals surface area contributed by atoms with Crippen LogP contribution in [-0.2, 0) is 0 Å². The van der Waals surface area contributed by atoms with E-state index in [1.807, 2.05) is 6.08 Å². The standard InChI is InChI=1S/C11H19F3O/c1-2-3-4-5-6-7-10(15)8-9-11(12,13)14/h2,10,15H,1,3-9H2. The van der Waals surface area contributed by atoms with Crippen LogP contribution in [0.1, 0.15) is 44.9 Å². The maximum absolute atomic E-state index is 11.8. The van der Waals surface area contributed by atoms with Crippen LogP contribution < -0.4 is 0 Å². The average molecular weight is 224 g/mol. The van der Waals surface area contributed by atoms with E-state index in [0.29, 0.717) is 6.42 Å². The Morgan fingerprint density at radius 2 is 1.80 bits per heavy atom. The summed E-state index contributed by atoms with van der Waals surface area (Å²) in [6.07, 6.45) is -0.0886. The van der Waals surface area contributed by atoms with Gasteiger partial charge in [-0.2, -0.15) is 13.2 Å². The zero-order valence-corrected chi connectivity index (χ0v) is 8.89. The van der Waals surface area contributed by atoms with Crippen molar-refractivity contribution in [1.82, 2.24) is 0 Å². The predicted octanol–water partition coefficient (Wildman–Crippen LogP) is 3.83. The summed E-state index contributed by atoms with van der Waals surface area (Å²) in [6.45, 7) is 3.58. The molecule has 1 N–H and O–H groups in total. The van der Waals surface area contributed by atoms with Crippen LogP contribution in [0.25, 0.3) is 0 Å². The first-order chi connectivity index (χ1) is 6.95. The molecule has 0 saturated heterocycles. The van der Waals surface area contributed by atoms with Crippen LogP contribution >= 0.6 is 0 Å². The Hall–Kier alpha value is -0.510. The molecule has 0 aromatic carbocycles. The number of hydrogen-bond donors (Lipinski definition) is 1. The van der Waals surface area contributed by atoms with Crippen LogP contribution in [-0.4, -0.2) is 17.4 Å². The molecule has 0 aromatic rings. The largest absolute Gasteiger partial charge is 0.393 e. The van der Waals surface area contributed by atoms with E-state index in [1.165, 1.54) is 0 Å². The van der Waals surface area contributed by atoms with Gasteiger partial charge in [-0.15, -0.1) is 6.58 Å². The SMILES string of the molecule is C=CCCCCCC(O)CCC(F)(F)F. The molecule has 0 radical (unpaired) electrons. The van der Waals surface area contributed by atoms with Gasteiger partial charge < -0.3 is 5.11 Å². The van der Waals surface area contributed by atoms with E-state index in [2.05, 4.69) is 6.58 Å². The Labute approximate surface area is 89.0 Å². The van der Waals surface area contributed by atoms with Crippen molar-refractivity contribution in [3.63, 3.8) is 0 Å². The molecule has 0 heterocycles. The third-order valence-electron chi connectivity index (χ3n) is 2.21. The highest BCUT2D eigenvalue weighted by molar-refractivity contribution is 4.66. The Morgan fingerprint density at radius 1 is 1.13 bits per heavy atom. The van der Waals surface area contributed by atoms with Gasteiger partial charge in [0.2, 0.25) is 0 Å². The molecule has 0 aliphatic rings. The molecule has 0 aliphatic heterocycles. The van der Waals surface area contributed by atoms with Gasteiger partial charge in [0.25, 0.3) is 0 Å². The first-order valence-corrected chi connectivity index (χ1v) is 5.31. The summed E-state index contributed by atoms with van der Waals surface area (Å²) < 4.78 is 35.3. The molecule has 90 valence electrons. The second-order valence-corrected chi connectivity index (χ2v) is 3.73. The molecule has 0 aliphatic carbocycles. The maximum Gasteiger partial charge on any atom is 0.389 e. The summed E-state index contributed by atoms with van der Waals surface area (Å²) >= 11 is 0. The summed E-state index contributed by atoms with van der Waals surface area (Å²) in [4.78, 5) is 0. The van der Waals surface area contributed by atoms with Gasteiger partial charge in [-0.1, -0.05) is 18.9 Å². The van der Waals surface area contributed by atoms with E-state index < -0.39 is 18.7 Å². The van der Waals surface area contributed by atoms with Crippen molar-refractivity contribution in [3.8, 4) is 0 Å². The number of allylic oxidation sites excluding steroid dienone is 1. The van der Waals surface area contributed by atoms with E-state index >= 15 is 0 Å². The van der Waals surface area contributed by atoms with Gasteiger partial charge in [-0.25, -0.2) is 0 Å². The van der Waals surface area contributed by atoms with E-state index in [-0.39, 0.29) is 6.42 Å². The van der Waals surface area contributed by atoms with Crippen molar-refractivity contribution in [1.29, 1.82) is 0 Å². The van der Waals surface area contributed by atoms with Crippen molar-refractivity contribution in [2.24, 2.45) is 0 Å². The molecule has 0 bridgehead atoms.